The number of carbonyl (C=O) groups is 3. The van der Waals surface area contributed by atoms with Crippen LogP contribution in [0.15, 0.2) is 60.8 Å². The van der Waals surface area contributed by atoms with Crippen LogP contribution in [0, 0.1) is 0 Å². The van der Waals surface area contributed by atoms with Crippen LogP contribution in [0.25, 0.3) is 0 Å². The lowest BCUT2D eigenvalue weighted by molar-refractivity contribution is -0.167. The van der Waals surface area contributed by atoms with Gasteiger partial charge < -0.3 is 14.2 Å². The van der Waals surface area contributed by atoms with Crippen molar-refractivity contribution in [1.82, 2.24) is 0 Å². The SMILES string of the molecule is CCCC/C=C\CCCCCCCC(=O)OCC(COC(=O)CCCCCCCCCCCCCCCC/C=C\C/C=C\C/C=C\CCCCCCC)OC(=O)CCCCCCC/C=C\CCCCC. The Kier molecular flexibility index (Phi) is 56.3. The molecule has 0 fully saturated rings. The first-order chi connectivity index (χ1) is 34.5. The van der Waals surface area contributed by atoms with Gasteiger partial charge in [-0.05, 0) is 103 Å². The number of allylic oxidation sites excluding steroid dienone is 10. The van der Waals surface area contributed by atoms with Gasteiger partial charge in [0, 0.05) is 19.3 Å². The lowest BCUT2D eigenvalue weighted by Gasteiger charge is -2.18. The van der Waals surface area contributed by atoms with Gasteiger partial charge in [0.2, 0.25) is 0 Å². The van der Waals surface area contributed by atoms with Gasteiger partial charge in [0.15, 0.2) is 6.10 Å². The van der Waals surface area contributed by atoms with Gasteiger partial charge in [-0.1, -0.05) is 248 Å². The maximum atomic E-state index is 12.8. The standard InChI is InChI=1S/C64H114O6/c1-4-7-10-13-16-19-22-24-25-26-27-28-29-30-31-32-33-34-35-36-37-38-39-40-43-45-48-51-54-57-63(66)69-60-61(59-68-62(65)56-53-50-47-44-41-21-18-15-12-9-6-3)70-64(67)58-55-52-49-46-42-23-20-17-14-11-8-5-2/h15,17-18,20,22,24,26-27,29-30,61H,4-14,16,19,21,23,25,28,31-60H2,1-3H3/b18-15-,20-17-,24-22-,27-26-,30-29-. The molecular weight excluding hydrogens is 865 g/mol. The molecule has 0 saturated heterocycles. The molecule has 0 aliphatic heterocycles. The smallest absolute Gasteiger partial charge is 0.306 e. The van der Waals surface area contributed by atoms with Crippen molar-refractivity contribution in [2.24, 2.45) is 0 Å². The number of hydrogen-bond acceptors (Lipinski definition) is 6. The maximum Gasteiger partial charge on any atom is 0.306 e. The second kappa shape index (κ2) is 58.7. The van der Waals surface area contributed by atoms with E-state index in [-0.39, 0.29) is 31.1 Å². The average molecular weight is 980 g/mol. The van der Waals surface area contributed by atoms with E-state index in [4.69, 9.17) is 14.2 Å². The predicted octanol–water partition coefficient (Wildman–Crippen LogP) is 20.4. The van der Waals surface area contributed by atoms with E-state index in [0.29, 0.717) is 19.3 Å². The number of esters is 3. The third-order valence-corrected chi connectivity index (χ3v) is 13.2. The highest BCUT2D eigenvalue weighted by molar-refractivity contribution is 5.71. The quantitative estimate of drug-likeness (QED) is 0.0261. The summed E-state index contributed by atoms with van der Waals surface area (Å²) in [5.41, 5.74) is 0. The Balaban J connectivity index is 4.13. The molecule has 0 saturated carbocycles. The van der Waals surface area contributed by atoms with Crippen molar-refractivity contribution in [3.05, 3.63) is 60.8 Å². The van der Waals surface area contributed by atoms with Crippen LogP contribution in [0.2, 0.25) is 0 Å². The second-order valence-corrected chi connectivity index (χ2v) is 20.2. The Bertz CT molecular complexity index is 1260. The van der Waals surface area contributed by atoms with Crippen LogP contribution in [0.1, 0.15) is 310 Å². The molecule has 0 aromatic heterocycles. The lowest BCUT2D eigenvalue weighted by atomic mass is 10.0. The van der Waals surface area contributed by atoms with Crippen molar-refractivity contribution < 1.29 is 28.6 Å². The summed E-state index contributed by atoms with van der Waals surface area (Å²) in [6, 6.07) is 0. The Labute approximate surface area is 434 Å². The van der Waals surface area contributed by atoms with Crippen LogP contribution in [0.4, 0.5) is 0 Å². The van der Waals surface area contributed by atoms with Crippen LogP contribution >= 0.6 is 0 Å². The fourth-order valence-electron chi connectivity index (χ4n) is 8.60. The first kappa shape index (κ1) is 67.1. The van der Waals surface area contributed by atoms with Gasteiger partial charge >= 0.3 is 17.9 Å². The molecule has 0 radical (unpaired) electrons. The zero-order valence-corrected chi connectivity index (χ0v) is 46.5. The number of ether oxygens (including phenoxy) is 3. The molecule has 0 aromatic rings. The normalized spacial score (nSPS) is 12.4. The van der Waals surface area contributed by atoms with E-state index >= 15 is 0 Å². The summed E-state index contributed by atoms with van der Waals surface area (Å²) in [4.78, 5) is 38.1. The van der Waals surface area contributed by atoms with Gasteiger partial charge in [-0.15, -0.1) is 0 Å². The summed E-state index contributed by atoms with van der Waals surface area (Å²) in [6.07, 6.45) is 73.8. The number of unbranched alkanes of at least 4 members (excludes halogenated alkanes) is 34. The fourth-order valence-corrected chi connectivity index (χ4v) is 8.60. The van der Waals surface area contributed by atoms with E-state index in [1.165, 1.54) is 180 Å². The van der Waals surface area contributed by atoms with Crippen LogP contribution < -0.4 is 0 Å². The molecule has 70 heavy (non-hydrogen) atoms. The van der Waals surface area contributed by atoms with E-state index < -0.39 is 6.10 Å². The van der Waals surface area contributed by atoms with Gasteiger partial charge in [-0.3, -0.25) is 14.4 Å². The highest BCUT2D eigenvalue weighted by atomic mass is 16.6. The van der Waals surface area contributed by atoms with Gasteiger partial charge in [-0.25, -0.2) is 0 Å². The summed E-state index contributed by atoms with van der Waals surface area (Å²) in [5.74, 6) is -0.889. The Morgan fingerprint density at radius 2 is 0.529 bits per heavy atom. The van der Waals surface area contributed by atoms with Crippen molar-refractivity contribution in [2.75, 3.05) is 13.2 Å². The molecular formula is C64H114O6. The topological polar surface area (TPSA) is 78.9 Å². The van der Waals surface area contributed by atoms with Gasteiger partial charge in [0.25, 0.3) is 0 Å². The summed E-state index contributed by atoms with van der Waals surface area (Å²) < 4.78 is 16.8. The van der Waals surface area contributed by atoms with Gasteiger partial charge in [-0.2, -0.15) is 0 Å². The minimum atomic E-state index is -0.780. The second-order valence-electron chi connectivity index (χ2n) is 20.2. The molecule has 6 nitrogen and oxygen atoms in total. The van der Waals surface area contributed by atoms with Crippen molar-refractivity contribution in [3.8, 4) is 0 Å². The lowest BCUT2D eigenvalue weighted by Crippen LogP contribution is -2.30. The summed E-state index contributed by atoms with van der Waals surface area (Å²) in [6.45, 7) is 6.57. The van der Waals surface area contributed by atoms with Crippen molar-refractivity contribution in [2.45, 2.75) is 316 Å². The molecule has 0 spiro atoms. The van der Waals surface area contributed by atoms with Crippen molar-refractivity contribution in [1.29, 1.82) is 0 Å². The molecule has 0 aromatic carbocycles. The molecule has 0 aliphatic carbocycles. The maximum absolute atomic E-state index is 12.8. The molecule has 0 N–H and O–H groups in total. The minimum Gasteiger partial charge on any atom is -0.462 e. The number of carbonyl (C=O) groups excluding carboxylic acids is 3. The monoisotopic (exact) mass is 979 g/mol. The van der Waals surface area contributed by atoms with Crippen LogP contribution in [0.5, 0.6) is 0 Å². The van der Waals surface area contributed by atoms with E-state index in [2.05, 4.69) is 81.5 Å². The van der Waals surface area contributed by atoms with Crippen LogP contribution in [-0.4, -0.2) is 37.2 Å². The Morgan fingerprint density at radius 1 is 0.286 bits per heavy atom. The minimum absolute atomic E-state index is 0.0788. The molecule has 406 valence electrons. The van der Waals surface area contributed by atoms with Crippen molar-refractivity contribution in [3.63, 3.8) is 0 Å². The van der Waals surface area contributed by atoms with Gasteiger partial charge in [0.1, 0.15) is 13.2 Å². The number of rotatable bonds is 55. The highest BCUT2D eigenvalue weighted by Gasteiger charge is 2.19. The van der Waals surface area contributed by atoms with E-state index in [1.54, 1.807) is 0 Å². The molecule has 0 heterocycles. The summed E-state index contributed by atoms with van der Waals surface area (Å²) in [5, 5.41) is 0. The Hall–Kier alpha value is -2.89. The van der Waals surface area contributed by atoms with Crippen LogP contribution in [0.3, 0.4) is 0 Å². The Morgan fingerprint density at radius 3 is 0.886 bits per heavy atom. The predicted molar refractivity (Wildman–Crippen MR) is 302 cm³/mol. The highest BCUT2D eigenvalue weighted by Crippen LogP contribution is 2.16. The summed E-state index contributed by atoms with van der Waals surface area (Å²) >= 11 is 0. The largest absolute Gasteiger partial charge is 0.462 e. The fraction of sp³-hybridized carbons (Fsp3) is 0.797. The van der Waals surface area contributed by atoms with Gasteiger partial charge in [0.05, 0.1) is 0 Å². The molecule has 0 amide bonds. The third-order valence-electron chi connectivity index (χ3n) is 13.2. The van der Waals surface area contributed by atoms with Crippen LogP contribution in [-0.2, 0) is 28.6 Å². The van der Waals surface area contributed by atoms with E-state index in [1.807, 2.05) is 0 Å². The van der Waals surface area contributed by atoms with E-state index in [9.17, 15) is 14.4 Å². The molecule has 0 rings (SSSR count). The van der Waals surface area contributed by atoms with Crippen molar-refractivity contribution >= 4 is 17.9 Å². The molecule has 0 bridgehead atoms. The molecule has 1 unspecified atom stereocenters. The average Bonchev–Trinajstić information content (AvgIpc) is 3.36. The zero-order chi connectivity index (χ0) is 50.7. The third kappa shape index (κ3) is 56.0. The molecule has 0 aliphatic rings. The number of hydrogen-bond donors (Lipinski definition) is 0. The summed E-state index contributed by atoms with van der Waals surface area (Å²) in [7, 11) is 0. The first-order valence-corrected chi connectivity index (χ1v) is 30.3. The molecule has 1 atom stereocenters. The molecule has 6 heteroatoms. The van der Waals surface area contributed by atoms with E-state index in [0.717, 1.165) is 89.9 Å². The first-order valence-electron chi connectivity index (χ1n) is 30.3. The zero-order valence-electron chi connectivity index (χ0n) is 46.5.